The van der Waals surface area contributed by atoms with Gasteiger partial charge < -0.3 is 14.8 Å². The first-order valence-corrected chi connectivity index (χ1v) is 7.23. The van der Waals surface area contributed by atoms with Crippen molar-refractivity contribution in [3.63, 3.8) is 0 Å². The normalized spacial score (nSPS) is 18.4. The van der Waals surface area contributed by atoms with Crippen molar-refractivity contribution in [2.24, 2.45) is 0 Å². The molecule has 112 valence electrons. The molecule has 0 aliphatic carbocycles. The lowest BCUT2D eigenvalue weighted by atomic mass is 10.2. The zero-order valence-electron chi connectivity index (χ0n) is 12.2. The van der Waals surface area contributed by atoms with Crippen molar-refractivity contribution < 1.29 is 14.3 Å². The largest absolute Gasteiger partial charge is 0.491 e. The third kappa shape index (κ3) is 5.44. The molecule has 0 saturated carbocycles. The maximum atomic E-state index is 11.7. The lowest BCUT2D eigenvalue weighted by Gasteiger charge is -2.12. The number of carbonyl (C=O) groups is 1. The van der Waals surface area contributed by atoms with Crippen LogP contribution in [0.2, 0.25) is 0 Å². The Morgan fingerprint density at radius 1 is 1.48 bits per heavy atom. The summed E-state index contributed by atoms with van der Waals surface area (Å²) in [7, 11) is 0. The van der Waals surface area contributed by atoms with E-state index in [0.29, 0.717) is 6.61 Å². The summed E-state index contributed by atoms with van der Waals surface area (Å²) >= 11 is 0. The molecular weight excluding hydrogens is 266 g/mol. The molecule has 1 saturated heterocycles. The van der Waals surface area contributed by atoms with Gasteiger partial charge in [-0.1, -0.05) is 24.3 Å². The van der Waals surface area contributed by atoms with Crippen molar-refractivity contribution in [3.8, 4) is 5.75 Å². The first kappa shape index (κ1) is 15.3. The monoisotopic (exact) mass is 287 g/mol. The molecule has 1 aromatic carbocycles. The molecule has 1 atom stereocenters. The van der Waals surface area contributed by atoms with Crippen molar-refractivity contribution in [3.05, 3.63) is 48.6 Å². The highest BCUT2D eigenvalue weighted by atomic mass is 16.5. The van der Waals surface area contributed by atoms with Crippen molar-refractivity contribution in [1.82, 2.24) is 0 Å². The Morgan fingerprint density at radius 3 is 3.14 bits per heavy atom. The van der Waals surface area contributed by atoms with Crippen LogP contribution in [0.1, 0.15) is 19.8 Å². The molecule has 0 spiro atoms. The maximum Gasteiger partial charge on any atom is 0.248 e. The second-order valence-electron chi connectivity index (χ2n) is 4.85. The Hall–Kier alpha value is -2.07. The van der Waals surface area contributed by atoms with Crippen LogP contribution in [0.5, 0.6) is 5.75 Å². The van der Waals surface area contributed by atoms with Gasteiger partial charge in [-0.2, -0.15) is 0 Å². The molecular formula is C17H21NO3. The van der Waals surface area contributed by atoms with Gasteiger partial charge in [0.2, 0.25) is 5.91 Å². The van der Waals surface area contributed by atoms with Gasteiger partial charge in [-0.15, -0.1) is 0 Å². The van der Waals surface area contributed by atoms with Crippen molar-refractivity contribution >= 4 is 11.6 Å². The topological polar surface area (TPSA) is 47.6 Å². The van der Waals surface area contributed by atoms with Gasteiger partial charge in [0.1, 0.15) is 12.4 Å². The number of carbonyl (C=O) groups excluding carboxylic acids is 1. The summed E-state index contributed by atoms with van der Waals surface area (Å²) < 4.78 is 11.2. The highest BCUT2D eigenvalue weighted by Crippen LogP contribution is 2.19. The third-order valence-electron chi connectivity index (χ3n) is 3.11. The molecule has 4 nitrogen and oxygen atoms in total. The van der Waals surface area contributed by atoms with Gasteiger partial charge in [0.15, 0.2) is 0 Å². The van der Waals surface area contributed by atoms with Gasteiger partial charge in [0.05, 0.1) is 6.10 Å². The number of rotatable bonds is 6. The SMILES string of the molecule is C/C=C/C=C/C(=O)Nc1cccc(OCC2CCCO2)c1. The van der Waals surface area contributed by atoms with Crippen LogP contribution in [0.25, 0.3) is 0 Å². The molecule has 1 aliphatic heterocycles. The molecule has 4 heteroatoms. The zero-order chi connectivity index (χ0) is 14.9. The number of allylic oxidation sites excluding steroid dienone is 3. The molecule has 0 aromatic heterocycles. The lowest BCUT2D eigenvalue weighted by molar-refractivity contribution is -0.111. The van der Waals surface area contributed by atoms with Crippen LogP contribution in [0.3, 0.4) is 0 Å². The molecule has 21 heavy (non-hydrogen) atoms. The van der Waals surface area contributed by atoms with Gasteiger partial charge in [-0.25, -0.2) is 0 Å². The fraction of sp³-hybridized carbons (Fsp3) is 0.353. The number of hydrogen-bond donors (Lipinski definition) is 1. The summed E-state index contributed by atoms with van der Waals surface area (Å²) in [5.74, 6) is 0.574. The quantitative estimate of drug-likeness (QED) is 0.645. The summed E-state index contributed by atoms with van der Waals surface area (Å²) in [6.07, 6.45) is 9.19. The van der Waals surface area contributed by atoms with Crippen molar-refractivity contribution in [2.45, 2.75) is 25.9 Å². The van der Waals surface area contributed by atoms with Gasteiger partial charge in [0, 0.05) is 24.4 Å². The number of anilines is 1. The number of amides is 1. The molecule has 1 N–H and O–H groups in total. The molecule has 1 amide bonds. The Kier molecular flexibility index (Phi) is 6.03. The van der Waals surface area contributed by atoms with E-state index in [1.54, 1.807) is 12.2 Å². The van der Waals surface area contributed by atoms with E-state index in [9.17, 15) is 4.79 Å². The standard InChI is InChI=1S/C17H21NO3/c1-2-3-4-10-17(19)18-14-7-5-8-15(12-14)21-13-16-9-6-11-20-16/h2-5,7-8,10,12,16H,6,9,11,13H2,1H3,(H,18,19)/b3-2+,10-4+. The summed E-state index contributed by atoms with van der Waals surface area (Å²) in [5.41, 5.74) is 0.718. The minimum absolute atomic E-state index is 0.163. The predicted octanol–water partition coefficient (Wildman–Crippen LogP) is 3.32. The highest BCUT2D eigenvalue weighted by Gasteiger charge is 2.15. The van der Waals surface area contributed by atoms with E-state index in [1.165, 1.54) is 6.08 Å². The summed E-state index contributed by atoms with van der Waals surface area (Å²) in [6.45, 7) is 3.28. The first-order chi connectivity index (χ1) is 10.3. The predicted molar refractivity (Wildman–Crippen MR) is 83.5 cm³/mol. The van der Waals surface area contributed by atoms with E-state index >= 15 is 0 Å². The smallest absolute Gasteiger partial charge is 0.248 e. The molecule has 1 unspecified atom stereocenters. The lowest BCUT2D eigenvalue weighted by Crippen LogP contribution is -2.16. The fourth-order valence-electron chi connectivity index (χ4n) is 2.07. The van der Waals surface area contributed by atoms with E-state index in [4.69, 9.17) is 9.47 Å². The van der Waals surface area contributed by atoms with E-state index in [1.807, 2.05) is 37.3 Å². The minimum atomic E-state index is -0.163. The molecule has 0 bridgehead atoms. The van der Waals surface area contributed by atoms with Crippen LogP contribution < -0.4 is 10.1 Å². The Balaban J connectivity index is 1.86. The average Bonchev–Trinajstić information content (AvgIpc) is 2.99. The van der Waals surface area contributed by atoms with Gasteiger partial charge in [-0.05, 0) is 31.9 Å². The number of nitrogens with one attached hydrogen (secondary N) is 1. The Bertz CT molecular complexity index is 517. The summed E-state index contributed by atoms with van der Waals surface area (Å²) in [4.78, 5) is 11.7. The van der Waals surface area contributed by atoms with Crippen LogP contribution in [0, 0.1) is 0 Å². The molecule has 1 heterocycles. The average molecular weight is 287 g/mol. The van der Waals surface area contributed by atoms with E-state index < -0.39 is 0 Å². The molecule has 0 radical (unpaired) electrons. The third-order valence-corrected chi connectivity index (χ3v) is 3.11. The second kappa shape index (κ2) is 8.27. The molecule has 1 aliphatic rings. The number of benzene rings is 1. The Labute approximate surface area is 125 Å². The fourth-order valence-corrected chi connectivity index (χ4v) is 2.07. The Morgan fingerprint density at radius 2 is 2.38 bits per heavy atom. The van der Waals surface area contributed by atoms with E-state index in [-0.39, 0.29) is 12.0 Å². The number of ether oxygens (including phenoxy) is 2. The first-order valence-electron chi connectivity index (χ1n) is 7.23. The van der Waals surface area contributed by atoms with Crippen LogP contribution in [0.15, 0.2) is 48.6 Å². The molecule has 1 fully saturated rings. The number of hydrogen-bond acceptors (Lipinski definition) is 3. The van der Waals surface area contributed by atoms with Crippen molar-refractivity contribution in [2.75, 3.05) is 18.5 Å². The van der Waals surface area contributed by atoms with Gasteiger partial charge >= 0.3 is 0 Å². The van der Waals surface area contributed by atoms with E-state index in [0.717, 1.165) is 30.9 Å². The van der Waals surface area contributed by atoms with E-state index in [2.05, 4.69) is 5.32 Å². The van der Waals surface area contributed by atoms with Crippen LogP contribution in [0.4, 0.5) is 5.69 Å². The van der Waals surface area contributed by atoms with Crippen LogP contribution in [-0.2, 0) is 9.53 Å². The summed E-state index contributed by atoms with van der Waals surface area (Å²) in [6, 6.07) is 7.38. The van der Waals surface area contributed by atoms with Crippen LogP contribution >= 0.6 is 0 Å². The second-order valence-corrected chi connectivity index (χ2v) is 4.85. The molecule has 1 aromatic rings. The van der Waals surface area contributed by atoms with Gasteiger partial charge in [-0.3, -0.25) is 4.79 Å². The van der Waals surface area contributed by atoms with Crippen molar-refractivity contribution in [1.29, 1.82) is 0 Å². The maximum absolute atomic E-state index is 11.7. The molecule has 2 rings (SSSR count). The highest BCUT2D eigenvalue weighted by molar-refractivity contribution is 5.99. The summed E-state index contributed by atoms with van der Waals surface area (Å²) in [5, 5.41) is 2.80. The van der Waals surface area contributed by atoms with Gasteiger partial charge in [0.25, 0.3) is 0 Å². The minimum Gasteiger partial charge on any atom is -0.491 e. The zero-order valence-corrected chi connectivity index (χ0v) is 12.2. The van der Waals surface area contributed by atoms with Crippen LogP contribution in [-0.4, -0.2) is 25.2 Å².